The Morgan fingerprint density at radius 1 is 0.793 bits per heavy atom. The number of hydrogen-bond acceptors (Lipinski definition) is 3. The van der Waals surface area contributed by atoms with Gasteiger partial charge in [-0.2, -0.15) is 0 Å². The van der Waals surface area contributed by atoms with Crippen molar-refractivity contribution in [1.29, 1.82) is 0 Å². The molecule has 0 unspecified atom stereocenters. The third-order valence-corrected chi connectivity index (χ3v) is 5.09. The third-order valence-electron chi connectivity index (χ3n) is 5.09. The molecule has 0 saturated heterocycles. The van der Waals surface area contributed by atoms with Crippen LogP contribution in [-0.4, -0.2) is 35.1 Å². The highest BCUT2D eigenvalue weighted by molar-refractivity contribution is 5.81. The molecule has 0 saturated carbocycles. The van der Waals surface area contributed by atoms with Crippen LogP contribution in [-0.2, 0) is 24.3 Å². The Bertz CT molecular complexity index is 828. The number of nitrogens with one attached hydrogen (secondary N) is 1. The molecule has 3 aromatic carbocycles. The van der Waals surface area contributed by atoms with Crippen LogP contribution >= 0.6 is 0 Å². The largest absolute Gasteiger partial charge is 0.382 e. The van der Waals surface area contributed by atoms with E-state index >= 15 is 0 Å². The smallest absolute Gasteiger partial charge is 0.250 e. The van der Waals surface area contributed by atoms with Crippen molar-refractivity contribution in [2.45, 2.75) is 31.7 Å². The van der Waals surface area contributed by atoms with E-state index in [1.54, 1.807) is 7.05 Å². The Hall–Kier alpha value is -2.95. The first kappa shape index (κ1) is 20.8. The molecule has 150 valence electrons. The van der Waals surface area contributed by atoms with Crippen LogP contribution in [0.2, 0.25) is 0 Å². The van der Waals surface area contributed by atoms with Gasteiger partial charge in [0.15, 0.2) is 0 Å². The summed E-state index contributed by atoms with van der Waals surface area (Å²) >= 11 is 0. The molecule has 0 fully saturated rings. The van der Waals surface area contributed by atoms with E-state index in [-0.39, 0.29) is 11.9 Å². The van der Waals surface area contributed by atoms with Crippen molar-refractivity contribution in [2.75, 3.05) is 7.05 Å². The van der Waals surface area contributed by atoms with Gasteiger partial charge in [-0.1, -0.05) is 91.0 Å². The van der Waals surface area contributed by atoms with E-state index in [2.05, 4.69) is 34.5 Å². The van der Waals surface area contributed by atoms with Crippen LogP contribution in [0.3, 0.4) is 0 Å². The molecule has 0 spiro atoms. The van der Waals surface area contributed by atoms with Crippen molar-refractivity contribution in [2.24, 2.45) is 0 Å². The second-order valence-electron chi connectivity index (χ2n) is 7.19. The number of nitrogens with zero attached hydrogens (tertiary/aromatic N) is 1. The van der Waals surface area contributed by atoms with E-state index in [0.29, 0.717) is 19.5 Å². The minimum atomic E-state index is -1.13. The van der Waals surface area contributed by atoms with Crippen LogP contribution in [0.25, 0.3) is 0 Å². The average Bonchev–Trinajstić information content (AvgIpc) is 2.78. The highest BCUT2D eigenvalue weighted by Gasteiger charge is 2.31. The molecule has 0 aliphatic heterocycles. The van der Waals surface area contributed by atoms with Gasteiger partial charge in [-0.15, -0.1) is 0 Å². The second kappa shape index (κ2) is 10.6. The van der Waals surface area contributed by atoms with E-state index in [1.165, 1.54) is 0 Å². The van der Waals surface area contributed by atoms with Crippen molar-refractivity contribution in [1.82, 2.24) is 10.2 Å². The topological polar surface area (TPSA) is 52.6 Å². The number of carbonyl (C=O) groups excluding carboxylic acids is 1. The minimum absolute atomic E-state index is 0.363. The van der Waals surface area contributed by atoms with Gasteiger partial charge in [0, 0.05) is 26.2 Å². The summed E-state index contributed by atoms with van der Waals surface area (Å²) in [5, 5.41) is 13.5. The SMILES string of the molecule is CNC(=O)[C@H](O)[C@H](Cc1ccccc1)N(Cc1ccccc1)Cc1ccccc1. The van der Waals surface area contributed by atoms with Crippen LogP contribution in [0.4, 0.5) is 0 Å². The van der Waals surface area contributed by atoms with Crippen LogP contribution < -0.4 is 5.32 Å². The molecule has 2 atom stereocenters. The molecule has 4 nitrogen and oxygen atoms in total. The molecule has 1 amide bonds. The summed E-state index contributed by atoms with van der Waals surface area (Å²) in [4.78, 5) is 14.6. The summed E-state index contributed by atoms with van der Waals surface area (Å²) in [6.07, 6.45) is -0.553. The Morgan fingerprint density at radius 2 is 1.21 bits per heavy atom. The Balaban J connectivity index is 1.93. The molecule has 2 N–H and O–H groups in total. The number of rotatable bonds is 9. The Kier molecular flexibility index (Phi) is 7.56. The first-order valence-corrected chi connectivity index (χ1v) is 9.93. The van der Waals surface area contributed by atoms with Crippen molar-refractivity contribution in [3.05, 3.63) is 108 Å². The van der Waals surface area contributed by atoms with E-state index in [1.807, 2.05) is 66.7 Å². The summed E-state index contributed by atoms with van der Waals surface area (Å²) < 4.78 is 0. The number of benzene rings is 3. The normalized spacial score (nSPS) is 13.1. The lowest BCUT2D eigenvalue weighted by molar-refractivity contribution is -0.132. The number of aliphatic hydroxyl groups is 1. The molecule has 29 heavy (non-hydrogen) atoms. The predicted octanol–water partition coefficient (Wildman–Crippen LogP) is 3.41. The van der Waals surface area contributed by atoms with Gasteiger partial charge in [0.2, 0.25) is 5.91 Å². The lowest BCUT2D eigenvalue weighted by Crippen LogP contribution is -2.50. The van der Waals surface area contributed by atoms with Gasteiger partial charge in [0.1, 0.15) is 6.10 Å². The fourth-order valence-electron chi connectivity index (χ4n) is 3.54. The Morgan fingerprint density at radius 3 is 1.62 bits per heavy atom. The van der Waals surface area contributed by atoms with Crippen LogP contribution in [0.5, 0.6) is 0 Å². The van der Waals surface area contributed by atoms with Gasteiger partial charge in [-0.05, 0) is 23.1 Å². The molecular weight excluding hydrogens is 360 g/mol. The van der Waals surface area contributed by atoms with Crippen molar-refractivity contribution in [3.63, 3.8) is 0 Å². The number of likely N-dealkylation sites (N-methyl/N-ethyl adjacent to an activating group) is 1. The fourth-order valence-corrected chi connectivity index (χ4v) is 3.54. The zero-order valence-electron chi connectivity index (χ0n) is 16.7. The molecule has 3 aromatic rings. The molecule has 0 bridgehead atoms. The summed E-state index contributed by atoms with van der Waals surface area (Å²) in [6, 6.07) is 30.0. The standard InChI is InChI=1S/C25H28N2O2/c1-26-25(29)24(28)23(17-20-11-5-2-6-12-20)27(18-21-13-7-3-8-14-21)19-22-15-9-4-10-16-22/h2-16,23-24,28H,17-19H2,1H3,(H,26,29)/t23-,24+/m0/s1. The molecule has 0 aliphatic rings. The minimum Gasteiger partial charge on any atom is -0.382 e. The maximum Gasteiger partial charge on any atom is 0.250 e. The lowest BCUT2D eigenvalue weighted by Gasteiger charge is -2.34. The average molecular weight is 389 g/mol. The highest BCUT2D eigenvalue weighted by atomic mass is 16.3. The van der Waals surface area contributed by atoms with E-state index in [0.717, 1.165) is 16.7 Å². The van der Waals surface area contributed by atoms with Crippen LogP contribution in [0.1, 0.15) is 16.7 Å². The van der Waals surface area contributed by atoms with Gasteiger partial charge in [0.25, 0.3) is 0 Å². The Labute approximate surface area is 172 Å². The van der Waals surface area contributed by atoms with Crippen molar-refractivity contribution < 1.29 is 9.90 Å². The van der Waals surface area contributed by atoms with E-state index < -0.39 is 6.10 Å². The van der Waals surface area contributed by atoms with Gasteiger partial charge in [-0.3, -0.25) is 9.69 Å². The highest BCUT2D eigenvalue weighted by Crippen LogP contribution is 2.20. The van der Waals surface area contributed by atoms with Gasteiger partial charge in [0.05, 0.1) is 0 Å². The molecule has 3 rings (SSSR count). The van der Waals surface area contributed by atoms with Gasteiger partial charge in [-0.25, -0.2) is 0 Å². The summed E-state index contributed by atoms with van der Waals surface area (Å²) in [7, 11) is 1.56. The second-order valence-corrected chi connectivity index (χ2v) is 7.19. The molecule has 0 heterocycles. The zero-order chi connectivity index (χ0) is 20.5. The van der Waals surface area contributed by atoms with Crippen molar-refractivity contribution in [3.8, 4) is 0 Å². The lowest BCUT2D eigenvalue weighted by atomic mass is 9.97. The quantitative estimate of drug-likeness (QED) is 0.591. The summed E-state index contributed by atoms with van der Waals surface area (Å²) in [5.74, 6) is -0.364. The molecule has 4 heteroatoms. The predicted molar refractivity (Wildman–Crippen MR) is 116 cm³/mol. The number of hydrogen-bond donors (Lipinski definition) is 2. The zero-order valence-corrected chi connectivity index (χ0v) is 16.7. The maximum atomic E-state index is 12.4. The number of aliphatic hydroxyl groups excluding tert-OH is 1. The van der Waals surface area contributed by atoms with E-state index in [9.17, 15) is 9.90 Å². The van der Waals surface area contributed by atoms with E-state index in [4.69, 9.17) is 0 Å². The first-order chi connectivity index (χ1) is 14.2. The maximum absolute atomic E-state index is 12.4. The van der Waals surface area contributed by atoms with Gasteiger partial charge < -0.3 is 10.4 Å². The number of amides is 1. The summed E-state index contributed by atoms with van der Waals surface area (Å²) in [6.45, 7) is 1.28. The van der Waals surface area contributed by atoms with Crippen LogP contribution in [0.15, 0.2) is 91.0 Å². The molecule has 0 aliphatic carbocycles. The first-order valence-electron chi connectivity index (χ1n) is 9.93. The van der Waals surface area contributed by atoms with Crippen molar-refractivity contribution >= 4 is 5.91 Å². The molecule has 0 aromatic heterocycles. The molecular formula is C25H28N2O2. The summed E-state index contributed by atoms with van der Waals surface area (Å²) in [5.41, 5.74) is 3.38. The molecule has 0 radical (unpaired) electrons. The fraction of sp³-hybridized carbons (Fsp3) is 0.240. The monoisotopic (exact) mass is 388 g/mol. The third kappa shape index (κ3) is 6.01. The van der Waals surface area contributed by atoms with Gasteiger partial charge >= 0.3 is 0 Å². The van der Waals surface area contributed by atoms with Crippen LogP contribution in [0, 0.1) is 0 Å². The number of carbonyl (C=O) groups is 1.